The first-order valence-corrected chi connectivity index (χ1v) is 6.59. The molecule has 1 aliphatic heterocycles. The number of aliphatic hydroxyl groups is 1. The van der Waals surface area contributed by atoms with Gasteiger partial charge in [-0.25, -0.2) is 0 Å². The lowest BCUT2D eigenvalue weighted by molar-refractivity contribution is 0.0940. The number of amides is 1. The highest BCUT2D eigenvalue weighted by atomic mass is 16.3. The van der Waals surface area contributed by atoms with E-state index in [4.69, 9.17) is 0 Å². The van der Waals surface area contributed by atoms with Crippen molar-refractivity contribution in [3.63, 3.8) is 0 Å². The van der Waals surface area contributed by atoms with Crippen molar-refractivity contribution in [2.24, 2.45) is 4.99 Å². The van der Waals surface area contributed by atoms with E-state index in [1.807, 2.05) is 0 Å². The van der Waals surface area contributed by atoms with Crippen molar-refractivity contribution in [3.05, 3.63) is 35.4 Å². The van der Waals surface area contributed by atoms with Gasteiger partial charge in [0, 0.05) is 18.5 Å². The molecule has 2 rings (SSSR count). The van der Waals surface area contributed by atoms with Gasteiger partial charge in [-0.1, -0.05) is 24.6 Å². The molecule has 1 amide bonds. The molecule has 3 N–H and O–H groups in total. The van der Waals surface area contributed by atoms with Crippen molar-refractivity contribution in [2.45, 2.75) is 32.3 Å². The Morgan fingerprint density at radius 2 is 2.11 bits per heavy atom. The lowest BCUT2D eigenvalue weighted by Gasteiger charge is -2.11. The number of hydrogen-bond acceptors (Lipinski definition) is 4. The molecule has 0 fully saturated rings. The summed E-state index contributed by atoms with van der Waals surface area (Å²) in [7, 11) is 0. The number of aliphatic imine (C=N–C) groups is 1. The van der Waals surface area contributed by atoms with Crippen LogP contribution >= 0.6 is 0 Å². The molecule has 5 heteroatoms. The molecule has 0 atom stereocenters. The number of rotatable bonds is 2. The van der Waals surface area contributed by atoms with Crippen molar-refractivity contribution in [2.75, 3.05) is 6.54 Å². The molecule has 1 aromatic rings. The minimum absolute atomic E-state index is 0.148. The van der Waals surface area contributed by atoms with Gasteiger partial charge in [0.25, 0.3) is 5.91 Å². The number of amidine groups is 1. The maximum Gasteiger partial charge on any atom is 0.270 e. The van der Waals surface area contributed by atoms with Crippen molar-refractivity contribution in [1.82, 2.24) is 10.9 Å². The Hall–Kier alpha value is -1.88. The molecule has 0 radical (unpaired) electrons. The first-order valence-electron chi connectivity index (χ1n) is 6.59. The minimum atomic E-state index is -0.253. The quantitative estimate of drug-likeness (QED) is 0.704. The highest BCUT2D eigenvalue weighted by Gasteiger charge is 2.11. The monoisotopic (exact) mass is 261 g/mol. The second kappa shape index (κ2) is 6.89. The van der Waals surface area contributed by atoms with Gasteiger partial charge in [-0.3, -0.25) is 20.6 Å². The molecule has 102 valence electrons. The molecule has 1 aromatic carbocycles. The molecule has 0 spiro atoms. The van der Waals surface area contributed by atoms with Gasteiger partial charge in [-0.2, -0.15) is 0 Å². The fraction of sp³-hybridized carbons (Fsp3) is 0.429. The van der Waals surface area contributed by atoms with Crippen LogP contribution < -0.4 is 10.9 Å². The van der Waals surface area contributed by atoms with Crippen LogP contribution in [0.25, 0.3) is 0 Å². The Balaban J connectivity index is 1.95. The summed E-state index contributed by atoms with van der Waals surface area (Å²) in [5.74, 6) is 0.573. The number of benzene rings is 1. The van der Waals surface area contributed by atoms with Crippen LogP contribution in [0, 0.1) is 0 Å². The van der Waals surface area contributed by atoms with Gasteiger partial charge >= 0.3 is 0 Å². The number of hydrogen-bond donors (Lipinski definition) is 3. The first-order chi connectivity index (χ1) is 9.31. The third-order valence-corrected chi connectivity index (χ3v) is 3.13. The molecule has 19 heavy (non-hydrogen) atoms. The molecule has 0 bridgehead atoms. The van der Waals surface area contributed by atoms with Crippen molar-refractivity contribution in [3.8, 4) is 0 Å². The summed E-state index contributed by atoms with van der Waals surface area (Å²) in [4.78, 5) is 16.4. The highest BCUT2D eigenvalue weighted by Crippen LogP contribution is 2.08. The molecule has 5 nitrogen and oxygen atoms in total. The summed E-state index contributed by atoms with van der Waals surface area (Å²) in [5, 5.41) is 9.20. The average Bonchev–Trinajstić information content (AvgIpc) is 2.73. The van der Waals surface area contributed by atoms with Gasteiger partial charge in [-0.05, 0) is 24.5 Å². The third-order valence-electron chi connectivity index (χ3n) is 3.13. The number of carbonyl (C=O) groups excluding carboxylic acids is 1. The Morgan fingerprint density at radius 3 is 2.95 bits per heavy atom. The van der Waals surface area contributed by atoms with Crippen LogP contribution in [-0.4, -0.2) is 23.4 Å². The predicted molar refractivity (Wildman–Crippen MR) is 73.7 cm³/mol. The molecule has 0 aromatic heterocycles. The van der Waals surface area contributed by atoms with Crippen LogP contribution in [0.1, 0.15) is 41.6 Å². The lowest BCUT2D eigenvalue weighted by Crippen LogP contribution is -2.42. The van der Waals surface area contributed by atoms with E-state index in [-0.39, 0.29) is 12.5 Å². The minimum Gasteiger partial charge on any atom is -0.392 e. The van der Waals surface area contributed by atoms with Crippen LogP contribution in [0.3, 0.4) is 0 Å². The van der Waals surface area contributed by atoms with Crippen molar-refractivity contribution < 1.29 is 9.90 Å². The lowest BCUT2D eigenvalue weighted by atomic mass is 10.1. The number of hydrazine groups is 1. The van der Waals surface area contributed by atoms with Gasteiger partial charge in [-0.15, -0.1) is 0 Å². The van der Waals surface area contributed by atoms with E-state index >= 15 is 0 Å². The highest BCUT2D eigenvalue weighted by molar-refractivity contribution is 5.97. The van der Waals surface area contributed by atoms with E-state index in [9.17, 15) is 9.90 Å². The Bertz CT molecular complexity index is 472. The Labute approximate surface area is 112 Å². The van der Waals surface area contributed by atoms with E-state index in [1.54, 1.807) is 24.3 Å². The maximum atomic E-state index is 12.0. The summed E-state index contributed by atoms with van der Waals surface area (Å²) in [6.45, 7) is 0.663. The van der Waals surface area contributed by atoms with Gasteiger partial charge in [0.15, 0.2) is 0 Å². The SMILES string of the molecule is O=C(NNC1=NCCCCC1)c1ccccc1CO. The van der Waals surface area contributed by atoms with Crippen LogP contribution in [0.4, 0.5) is 0 Å². The molecule has 0 aliphatic carbocycles. The number of nitrogens with zero attached hydrogens (tertiary/aromatic N) is 1. The largest absolute Gasteiger partial charge is 0.392 e. The van der Waals surface area contributed by atoms with E-state index in [1.165, 1.54) is 6.42 Å². The van der Waals surface area contributed by atoms with Gasteiger partial charge in [0.2, 0.25) is 0 Å². The zero-order valence-electron chi connectivity index (χ0n) is 10.9. The third kappa shape index (κ3) is 3.79. The van der Waals surface area contributed by atoms with Crippen LogP contribution in [0.15, 0.2) is 29.3 Å². The molecule has 1 aliphatic rings. The fourth-order valence-corrected chi connectivity index (χ4v) is 2.05. The van der Waals surface area contributed by atoms with E-state index in [2.05, 4.69) is 15.8 Å². The Kier molecular flexibility index (Phi) is 4.92. The number of nitrogens with one attached hydrogen (secondary N) is 2. The van der Waals surface area contributed by atoms with E-state index in [0.29, 0.717) is 11.1 Å². The molecule has 0 saturated carbocycles. The van der Waals surface area contributed by atoms with Crippen molar-refractivity contribution in [1.29, 1.82) is 0 Å². The fourth-order valence-electron chi connectivity index (χ4n) is 2.05. The van der Waals surface area contributed by atoms with Gasteiger partial charge < -0.3 is 5.11 Å². The summed E-state index contributed by atoms with van der Waals surface area (Å²) < 4.78 is 0. The summed E-state index contributed by atoms with van der Waals surface area (Å²) in [5.41, 5.74) is 6.61. The summed E-state index contributed by atoms with van der Waals surface area (Å²) in [6.07, 6.45) is 4.24. The normalized spacial score (nSPS) is 15.3. The first kappa shape index (κ1) is 13.5. The summed E-state index contributed by atoms with van der Waals surface area (Å²) in [6, 6.07) is 7.00. The number of carbonyl (C=O) groups is 1. The second-order valence-electron chi connectivity index (χ2n) is 4.53. The average molecular weight is 261 g/mol. The Morgan fingerprint density at radius 1 is 1.26 bits per heavy atom. The summed E-state index contributed by atoms with van der Waals surface area (Å²) >= 11 is 0. The molecule has 1 heterocycles. The number of aliphatic hydroxyl groups excluding tert-OH is 1. The standard InChI is InChI=1S/C14H19N3O2/c18-10-11-6-3-4-7-12(11)14(19)17-16-13-8-2-1-5-9-15-13/h3-4,6-7,18H,1-2,5,8-10H2,(H,15,16)(H,17,19). The van der Waals surface area contributed by atoms with Gasteiger partial charge in [0.1, 0.15) is 5.84 Å². The second-order valence-corrected chi connectivity index (χ2v) is 4.53. The zero-order chi connectivity index (χ0) is 13.5. The molecule has 0 unspecified atom stereocenters. The molecule has 0 saturated heterocycles. The van der Waals surface area contributed by atoms with E-state index in [0.717, 1.165) is 31.6 Å². The zero-order valence-corrected chi connectivity index (χ0v) is 10.9. The maximum absolute atomic E-state index is 12.0. The topological polar surface area (TPSA) is 73.7 Å². The van der Waals surface area contributed by atoms with Gasteiger partial charge in [0.05, 0.1) is 6.61 Å². The smallest absolute Gasteiger partial charge is 0.270 e. The predicted octanol–water partition coefficient (Wildman–Crippen LogP) is 1.39. The van der Waals surface area contributed by atoms with Crippen LogP contribution in [0.5, 0.6) is 0 Å². The van der Waals surface area contributed by atoms with E-state index < -0.39 is 0 Å². The molecular formula is C14H19N3O2. The van der Waals surface area contributed by atoms with Crippen molar-refractivity contribution >= 4 is 11.7 Å². The van der Waals surface area contributed by atoms with Crippen LogP contribution in [-0.2, 0) is 6.61 Å². The molecular weight excluding hydrogens is 242 g/mol. The van der Waals surface area contributed by atoms with Crippen LogP contribution in [0.2, 0.25) is 0 Å².